The smallest absolute Gasteiger partial charge is 0.248 e. The van der Waals surface area contributed by atoms with Gasteiger partial charge in [-0.3, -0.25) is 0 Å². The molecule has 1 aromatic heterocycles. The third-order valence-corrected chi connectivity index (χ3v) is 5.36. The average Bonchev–Trinajstić information content (AvgIpc) is 2.78. The van der Waals surface area contributed by atoms with Crippen molar-refractivity contribution in [3.63, 3.8) is 0 Å². The zero-order chi connectivity index (χ0) is 16.0. The van der Waals surface area contributed by atoms with Crippen LogP contribution >= 0.6 is 15.9 Å². The SMILES string of the molecule is C=CCN(CC=C)S(=O)(=O)c1cc(CNC(C)C)oc1Br. The number of nitrogens with one attached hydrogen (secondary N) is 1. The van der Waals surface area contributed by atoms with Gasteiger partial charge in [-0.05, 0) is 15.9 Å². The average molecular weight is 377 g/mol. The summed E-state index contributed by atoms with van der Waals surface area (Å²) in [6.07, 6.45) is 3.08. The number of hydrogen-bond donors (Lipinski definition) is 1. The van der Waals surface area contributed by atoms with Crippen LogP contribution in [0, 0.1) is 0 Å². The maximum Gasteiger partial charge on any atom is 0.248 e. The van der Waals surface area contributed by atoms with Gasteiger partial charge >= 0.3 is 0 Å². The summed E-state index contributed by atoms with van der Waals surface area (Å²) in [5, 5.41) is 3.18. The van der Waals surface area contributed by atoms with Gasteiger partial charge < -0.3 is 9.73 Å². The Labute approximate surface area is 134 Å². The summed E-state index contributed by atoms with van der Waals surface area (Å²) in [5.74, 6) is 0.561. The van der Waals surface area contributed by atoms with E-state index < -0.39 is 10.0 Å². The van der Waals surface area contributed by atoms with E-state index in [4.69, 9.17) is 4.42 Å². The lowest BCUT2D eigenvalue weighted by atomic mass is 10.3. The van der Waals surface area contributed by atoms with Crippen LogP contribution in [0.5, 0.6) is 0 Å². The first-order chi connectivity index (χ1) is 9.82. The van der Waals surface area contributed by atoms with Crippen LogP contribution in [0.15, 0.2) is 45.4 Å². The first-order valence-electron chi connectivity index (χ1n) is 6.56. The maximum atomic E-state index is 12.6. The number of hydrogen-bond acceptors (Lipinski definition) is 4. The van der Waals surface area contributed by atoms with Crippen LogP contribution in [0.2, 0.25) is 0 Å². The predicted molar refractivity (Wildman–Crippen MR) is 87.5 cm³/mol. The molecular formula is C14H21BrN2O3S. The second kappa shape index (κ2) is 7.93. The summed E-state index contributed by atoms with van der Waals surface area (Å²) >= 11 is 3.18. The molecule has 0 radical (unpaired) electrons. The summed E-state index contributed by atoms with van der Waals surface area (Å²) in [5.41, 5.74) is 0. The Bertz CT molecular complexity index is 583. The monoisotopic (exact) mass is 376 g/mol. The van der Waals surface area contributed by atoms with E-state index >= 15 is 0 Å². The van der Waals surface area contributed by atoms with Gasteiger partial charge in [-0.1, -0.05) is 26.0 Å². The van der Waals surface area contributed by atoms with Crippen molar-refractivity contribution in [2.24, 2.45) is 0 Å². The molecule has 0 fully saturated rings. The fourth-order valence-corrected chi connectivity index (χ4v) is 4.01. The van der Waals surface area contributed by atoms with Gasteiger partial charge in [0.2, 0.25) is 10.0 Å². The molecule has 1 heterocycles. The van der Waals surface area contributed by atoms with Gasteiger partial charge in [-0.25, -0.2) is 8.42 Å². The molecule has 0 saturated carbocycles. The molecule has 0 saturated heterocycles. The minimum Gasteiger partial charge on any atom is -0.452 e. The maximum absolute atomic E-state index is 12.6. The van der Waals surface area contributed by atoms with Crippen molar-refractivity contribution in [2.75, 3.05) is 13.1 Å². The Balaban J connectivity index is 3.06. The molecule has 0 spiro atoms. The van der Waals surface area contributed by atoms with Crippen LogP contribution in [0.25, 0.3) is 0 Å². The molecule has 1 N–H and O–H groups in total. The van der Waals surface area contributed by atoms with Crippen LogP contribution in [-0.2, 0) is 16.6 Å². The first-order valence-corrected chi connectivity index (χ1v) is 8.79. The van der Waals surface area contributed by atoms with E-state index in [1.54, 1.807) is 0 Å². The molecule has 0 aliphatic rings. The topological polar surface area (TPSA) is 62.6 Å². The summed E-state index contributed by atoms with van der Waals surface area (Å²) < 4.78 is 32.2. The minimum absolute atomic E-state index is 0.117. The van der Waals surface area contributed by atoms with Crippen molar-refractivity contribution in [3.05, 3.63) is 41.8 Å². The third-order valence-electron chi connectivity index (χ3n) is 2.67. The largest absolute Gasteiger partial charge is 0.452 e. The lowest BCUT2D eigenvalue weighted by Gasteiger charge is -2.17. The van der Waals surface area contributed by atoms with Gasteiger partial charge in [0, 0.05) is 25.2 Å². The Morgan fingerprint density at radius 2 is 1.95 bits per heavy atom. The molecule has 1 aromatic rings. The second-order valence-electron chi connectivity index (χ2n) is 4.79. The van der Waals surface area contributed by atoms with Crippen molar-refractivity contribution >= 4 is 26.0 Å². The first kappa shape index (κ1) is 18.2. The number of sulfonamides is 1. The molecule has 21 heavy (non-hydrogen) atoms. The van der Waals surface area contributed by atoms with Crippen molar-refractivity contribution in [1.29, 1.82) is 0 Å². The number of rotatable bonds is 9. The Morgan fingerprint density at radius 1 is 1.38 bits per heavy atom. The van der Waals surface area contributed by atoms with Gasteiger partial charge in [0.25, 0.3) is 0 Å². The van der Waals surface area contributed by atoms with E-state index in [1.165, 1.54) is 22.5 Å². The highest BCUT2D eigenvalue weighted by atomic mass is 79.9. The van der Waals surface area contributed by atoms with Crippen LogP contribution in [-0.4, -0.2) is 31.9 Å². The second-order valence-corrected chi connectivity index (χ2v) is 7.41. The summed E-state index contributed by atoms with van der Waals surface area (Å²) in [6.45, 7) is 12.1. The molecule has 0 atom stereocenters. The highest BCUT2D eigenvalue weighted by Gasteiger charge is 2.28. The zero-order valence-corrected chi connectivity index (χ0v) is 14.7. The molecule has 1 rings (SSSR count). The number of nitrogens with zero attached hydrogens (tertiary/aromatic N) is 1. The molecule has 0 aromatic carbocycles. The van der Waals surface area contributed by atoms with Crippen LogP contribution in [0.4, 0.5) is 0 Å². The summed E-state index contributed by atoms with van der Waals surface area (Å²) in [6, 6.07) is 1.82. The minimum atomic E-state index is -3.65. The van der Waals surface area contributed by atoms with Crippen molar-refractivity contribution in [2.45, 2.75) is 31.3 Å². The fourth-order valence-electron chi connectivity index (χ4n) is 1.66. The van der Waals surface area contributed by atoms with E-state index in [-0.39, 0.29) is 28.7 Å². The molecule has 118 valence electrons. The lowest BCUT2D eigenvalue weighted by molar-refractivity contribution is 0.443. The predicted octanol–water partition coefficient (Wildman–Crippen LogP) is 2.90. The van der Waals surface area contributed by atoms with Crippen molar-refractivity contribution in [1.82, 2.24) is 9.62 Å². The van der Waals surface area contributed by atoms with E-state index in [1.807, 2.05) is 13.8 Å². The van der Waals surface area contributed by atoms with E-state index in [0.717, 1.165) is 0 Å². The summed E-state index contributed by atoms with van der Waals surface area (Å²) in [4.78, 5) is 0.117. The number of halogens is 1. The Morgan fingerprint density at radius 3 is 2.43 bits per heavy atom. The van der Waals surface area contributed by atoms with Gasteiger partial charge in [0.15, 0.2) is 4.67 Å². The molecule has 0 amide bonds. The number of furan rings is 1. The molecule has 5 nitrogen and oxygen atoms in total. The standard InChI is InChI=1S/C14H21BrN2O3S/c1-5-7-17(8-6-2)21(18,19)13-9-12(20-14(13)15)10-16-11(3)4/h5-6,9,11,16H,1-2,7-8,10H2,3-4H3. The van der Waals surface area contributed by atoms with Crippen LogP contribution < -0.4 is 5.32 Å². The van der Waals surface area contributed by atoms with Gasteiger partial charge in [-0.2, -0.15) is 4.31 Å². The highest BCUT2D eigenvalue weighted by molar-refractivity contribution is 9.10. The quantitative estimate of drug-likeness (QED) is 0.673. The fraction of sp³-hybridized carbons (Fsp3) is 0.429. The van der Waals surface area contributed by atoms with E-state index in [9.17, 15) is 8.42 Å². The van der Waals surface area contributed by atoms with Gasteiger partial charge in [0.05, 0.1) is 6.54 Å². The third kappa shape index (κ3) is 4.81. The molecular weight excluding hydrogens is 356 g/mol. The van der Waals surface area contributed by atoms with E-state index in [0.29, 0.717) is 12.3 Å². The lowest BCUT2D eigenvalue weighted by Crippen LogP contribution is -2.31. The van der Waals surface area contributed by atoms with Crippen LogP contribution in [0.3, 0.4) is 0 Å². The van der Waals surface area contributed by atoms with E-state index in [2.05, 4.69) is 34.4 Å². The molecule has 0 aliphatic heterocycles. The van der Waals surface area contributed by atoms with Crippen molar-refractivity contribution in [3.8, 4) is 0 Å². The Kier molecular flexibility index (Phi) is 6.86. The molecule has 0 bridgehead atoms. The van der Waals surface area contributed by atoms with Crippen molar-refractivity contribution < 1.29 is 12.8 Å². The van der Waals surface area contributed by atoms with Gasteiger partial charge in [-0.15, -0.1) is 13.2 Å². The molecule has 0 unspecified atom stereocenters. The summed E-state index contributed by atoms with van der Waals surface area (Å²) in [7, 11) is -3.65. The zero-order valence-electron chi connectivity index (χ0n) is 12.3. The van der Waals surface area contributed by atoms with Gasteiger partial charge in [0.1, 0.15) is 10.7 Å². The highest BCUT2D eigenvalue weighted by Crippen LogP contribution is 2.28. The Hall–Kier alpha value is -0.890. The van der Waals surface area contributed by atoms with Crippen LogP contribution in [0.1, 0.15) is 19.6 Å². The normalized spacial score (nSPS) is 12.0. The molecule has 7 heteroatoms. The molecule has 0 aliphatic carbocycles.